The molecule has 3 heterocycles. The molecule has 0 aromatic carbocycles. The van der Waals surface area contributed by atoms with Crippen LogP contribution in [-0.2, 0) is 16.1 Å². The minimum Gasteiger partial charge on any atom is -0.395 e. The predicted molar refractivity (Wildman–Crippen MR) is 87.2 cm³/mol. The molecule has 2 aliphatic heterocycles. The summed E-state index contributed by atoms with van der Waals surface area (Å²) in [5, 5.41) is 9.11. The molecule has 7 nitrogen and oxygen atoms in total. The van der Waals surface area contributed by atoms with Crippen molar-refractivity contribution in [2.75, 3.05) is 32.8 Å². The molecule has 0 aliphatic carbocycles. The maximum atomic E-state index is 12.7. The van der Waals surface area contributed by atoms with Gasteiger partial charge >= 0.3 is 0 Å². The molecular weight excluding hydrogens is 310 g/mol. The largest absolute Gasteiger partial charge is 0.395 e. The molecule has 1 aromatic heterocycles. The van der Waals surface area contributed by atoms with Gasteiger partial charge in [-0.3, -0.25) is 14.4 Å². The Kier molecular flexibility index (Phi) is 4.71. The van der Waals surface area contributed by atoms with Crippen LogP contribution in [0.25, 0.3) is 0 Å². The standard InChI is InChI=1S/C17H23N3O4/c21-11-10-18-8-3-5-17(16(18)24)6-9-20(13-17)15(23)12-19-7-2-1-4-14(19)22/h1-2,4,7,21H,3,5-6,8-13H2/t17-/m0/s1. The number of nitrogens with zero attached hydrogens (tertiary/aromatic N) is 3. The van der Waals surface area contributed by atoms with E-state index in [2.05, 4.69) is 0 Å². The van der Waals surface area contributed by atoms with E-state index >= 15 is 0 Å². The summed E-state index contributed by atoms with van der Waals surface area (Å²) >= 11 is 0. The maximum Gasteiger partial charge on any atom is 0.250 e. The lowest BCUT2D eigenvalue weighted by atomic mass is 9.78. The van der Waals surface area contributed by atoms with Crippen molar-refractivity contribution in [3.63, 3.8) is 0 Å². The topological polar surface area (TPSA) is 82.8 Å². The zero-order valence-electron chi connectivity index (χ0n) is 13.7. The van der Waals surface area contributed by atoms with Crippen LogP contribution in [0.5, 0.6) is 0 Å². The van der Waals surface area contributed by atoms with Crippen LogP contribution in [-0.4, -0.2) is 64.1 Å². The lowest BCUT2D eigenvalue weighted by molar-refractivity contribution is -0.146. The van der Waals surface area contributed by atoms with E-state index in [1.165, 1.54) is 10.6 Å². The molecule has 3 rings (SSSR count). The van der Waals surface area contributed by atoms with Crippen LogP contribution in [0.4, 0.5) is 0 Å². The lowest BCUT2D eigenvalue weighted by Crippen LogP contribution is -2.51. The molecule has 0 unspecified atom stereocenters. The highest BCUT2D eigenvalue weighted by Gasteiger charge is 2.49. The van der Waals surface area contributed by atoms with Crippen molar-refractivity contribution in [3.05, 3.63) is 34.7 Å². The van der Waals surface area contributed by atoms with Crippen LogP contribution in [0.1, 0.15) is 19.3 Å². The number of piperidine rings is 1. The molecule has 2 amide bonds. The summed E-state index contributed by atoms with van der Waals surface area (Å²) < 4.78 is 1.38. The number of likely N-dealkylation sites (tertiary alicyclic amines) is 2. The van der Waals surface area contributed by atoms with E-state index < -0.39 is 5.41 Å². The predicted octanol–water partition coefficient (Wildman–Crippen LogP) is -0.318. The van der Waals surface area contributed by atoms with Crippen LogP contribution >= 0.6 is 0 Å². The van der Waals surface area contributed by atoms with Gasteiger partial charge in [0.15, 0.2) is 0 Å². The molecule has 2 fully saturated rings. The number of β-amino-alcohol motifs (C(OH)–C–C–N with tert-alkyl or cyclic N) is 1. The molecule has 130 valence electrons. The van der Waals surface area contributed by atoms with E-state index in [0.29, 0.717) is 32.6 Å². The normalized spacial score (nSPS) is 24.0. The van der Waals surface area contributed by atoms with Gasteiger partial charge in [-0.15, -0.1) is 0 Å². The first kappa shape index (κ1) is 16.7. The fourth-order valence-electron chi connectivity index (χ4n) is 3.79. The van der Waals surface area contributed by atoms with Gasteiger partial charge in [0, 0.05) is 38.4 Å². The van der Waals surface area contributed by atoms with E-state index in [0.717, 1.165) is 12.8 Å². The van der Waals surface area contributed by atoms with Gasteiger partial charge in [0.1, 0.15) is 6.54 Å². The van der Waals surface area contributed by atoms with Crippen molar-refractivity contribution in [1.82, 2.24) is 14.4 Å². The van der Waals surface area contributed by atoms with Gasteiger partial charge in [-0.05, 0) is 25.3 Å². The van der Waals surface area contributed by atoms with Gasteiger partial charge in [0.2, 0.25) is 11.8 Å². The van der Waals surface area contributed by atoms with Gasteiger partial charge in [-0.2, -0.15) is 0 Å². The second-order valence-electron chi connectivity index (χ2n) is 6.63. The van der Waals surface area contributed by atoms with Crippen molar-refractivity contribution in [2.45, 2.75) is 25.8 Å². The molecule has 1 aromatic rings. The summed E-state index contributed by atoms with van der Waals surface area (Å²) in [6.07, 6.45) is 3.93. The Morgan fingerprint density at radius 3 is 2.79 bits per heavy atom. The maximum absolute atomic E-state index is 12.7. The summed E-state index contributed by atoms with van der Waals surface area (Å²) in [6.45, 7) is 1.95. The summed E-state index contributed by atoms with van der Waals surface area (Å²) in [5.41, 5.74) is -0.715. The second kappa shape index (κ2) is 6.76. The third-order valence-corrected chi connectivity index (χ3v) is 5.11. The van der Waals surface area contributed by atoms with Crippen LogP contribution in [0.15, 0.2) is 29.2 Å². The molecule has 2 saturated heterocycles. The van der Waals surface area contributed by atoms with Crippen LogP contribution < -0.4 is 5.56 Å². The molecule has 1 spiro atoms. The molecule has 2 aliphatic rings. The minimum atomic E-state index is -0.509. The van der Waals surface area contributed by atoms with Gasteiger partial charge < -0.3 is 19.5 Å². The summed E-state index contributed by atoms with van der Waals surface area (Å²) in [6, 6.07) is 4.79. The van der Waals surface area contributed by atoms with Crippen LogP contribution in [0.3, 0.4) is 0 Å². The van der Waals surface area contributed by atoms with Crippen molar-refractivity contribution in [3.8, 4) is 0 Å². The number of rotatable bonds is 4. The Bertz CT molecular complexity index is 684. The van der Waals surface area contributed by atoms with Gasteiger partial charge in [-0.1, -0.05) is 6.07 Å². The number of carbonyl (C=O) groups excluding carboxylic acids is 2. The van der Waals surface area contributed by atoms with E-state index in [9.17, 15) is 14.4 Å². The van der Waals surface area contributed by atoms with Gasteiger partial charge in [0.25, 0.3) is 5.56 Å². The second-order valence-corrected chi connectivity index (χ2v) is 6.63. The van der Waals surface area contributed by atoms with Crippen molar-refractivity contribution in [1.29, 1.82) is 0 Å². The zero-order chi connectivity index (χ0) is 17.2. The molecule has 0 bridgehead atoms. The highest BCUT2D eigenvalue weighted by Crippen LogP contribution is 2.40. The Morgan fingerprint density at radius 1 is 1.21 bits per heavy atom. The summed E-state index contributed by atoms with van der Waals surface area (Å²) in [7, 11) is 0. The molecule has 24 heavy (non-hydrogen) atoms. The van der Waals surface area contributed by atoms with Crippen LogP contribution in [0.2, 0.25) is 0 Å². The Balaban J connectivity index is 1.68. The van der Waals surface area contributed by atoms with Crippen molar-refractivity contribution < 1.29 is 14.7 Å². The third-order valence-electron chi connectivity index (χ3n) is 5.11. The molecule has 1 N–H and O–H groups in total. The van der Waals surface area contributed by atoms with Crippen LogP contribution in [0, 0.1) is 5.41 Å². The number of hydrogen-bond acceptors (Lipinski definition) is 4. The SMILES string of the molecule is O=C(Cn1ccccc1=O)N1CC[C@@]2(CCCN(CCO)C2=O)C1. The van der Waals surface area contributed by atoms with Crippen molar-refractivity contribution >= 4 is 11.8 Å². The number of carbonyl (C=O) groups is 2. The summed E-state index contributed by atoms with van der Waals surface area (Å²) in [5.74, 6) is -0.0813. The van der Waals surface area contributed by atoms with E-state index in [4.69, 9.17) is 5.11 Å². The fourth-order valence-corrected chi connectivity index (χ4v) is 3.79. The zero-order valence-corrected chi connectivity index (χ0v) is 13.7. The third kappa shape index (κ3) is 3.08. The monoisotopic (exact) mass is 333 g/mol. The Morgan fingerprint density at radius 2 is 2.04 bits per heavy atom. The quantitative estimate of drug-likeness (QED) is 0.819. The number of hydrogen-bond donors (Lipinski definition) is 1. The smallest absolute Gasteiger partial charge is 0.250 e. The van der Waals surface area contributed by atoms with E-state index in [-0.39, 0.29) is 30.5 Å². The average Bonchev–Trinajstić information content (AvgIpc) is 3.00. The average molecular weight is 333 g/mol. The lowest BCUT2D eigenvalue weighted by Gasteiger charge is -2.39. The number of aromatic nitrogens is 1. The van der Waals surface area contributed by atoms with Gasteiger partial charge in [0.05, 0.1) is 12.0 Å². The Hall–Kier alpha value is -2.15. The fraction of sp³-hybridized carbons (Fsp3) is 0.588. The highest BCUT2D eigenvalue weighted by atomic mass is 16.3. The minimum absolute atomic E-state index is 0.00426. The van der Waals surface area contributed by atoms with E-state index in [1.54, 1.807) is 28.1 Å². The number of pyridine rings is 1. The molecule has 0 radical (unpaired) electrons. The molecule has 1 atom stereocenters. The van der Waals surface area contributed by atoms with Gasteiger partial charge in [-0.25, -0.2) is 0 Å². The molecule has 0 saturated carbocycles. The van der Waals surface area contributed by atoms with Crippen molar-refractivity contribution in [2.24, 2.45) is 5.41 Å². The Labute approximate surface area is 140 Å². The number of aliphatic hydroxyl groups is 1. The first-order valence-corrected chi connectivity index (χ1v) is 8.39. The number of amides is 2. The number of aliphatic hydroxyl groups excluding tert-OH is 1. The molecular formula is C17H23N3O4. The highest BCUT2D eigenvalue weighted by molar-refractivity contribution is 5.86. The first-order valence-electron chi connectivity index (χ1n) is 8.39. The van der Waals surface area contributed by atoms with E-state index in [1.807, 2.05) is 0 Å². The molecule has 7 heteroatoms. The first-order chi connectivity index (χ1) is 11.6. The summed E-state index contributed by atoms with van der Waals surface area (Å²) in [4.78, 5) is 40.4.